The van der Waals surface area contributed by atoms with E-state index in [2.05, 4.69) is 10.6 Å². The number of benzene rings is 2. The summed E-state index contributed by atoms with van der Waals surface area (Å²) in [6, 6.07) is 13.9. The zero-order chi connectivity index (χ0) is 17.6. The Hall–Kier alpha value is -2.50. The fourth-order valence-corrected chi connectivity index (χ4v) is 2.32. The maximum Gasteiger partial charge on any atom is 0.418 e. The van der Waals surface area contributed by atoms with Gasteiger partial charge in [0.15, 0.2) is 0 Å². The van der Waals surface area contributed by atoms with Crippen LogP contribution in [0.5, 0.6) is 0 Å². The zero-order valence-corrected chi connectivity index (χ0v) is 13.2. The lowest BCUT2D eigenvalue weighted by atomic mass is 10.1. The second-order valence-corrected chi connectivity index (χ2v) is 5.57. The maximum atomic E-state index is 12.9. The average Bonchev–Trinajstić information content (AvgIpc) is 2.53. The summed E-state index contributed by atoms with van der Waals surface area (Å²) < 4.78 is 38.7. The van der Waals surface area contributed by atoms with Gasteiger partial charge in [-0.05, 0) is 37.5 Å². The molecule has 1 atom stereocenters. The number of amides is 2. The van der Waals surface area contributed by atoms with E-state index in [9.17, 15) is 18.0 Å². The molecule has 0 bridgehead atoms. The molecule has 2 N–H and O–H groups in total. The molecular weight excluding hydrogens is 317 g/mol. The third-order valence-corrected chi connectivity index (χ3v) is 3.57. The number of aryl methyl sites for hydroxylation is 1. The van der Waals surface area contributed by atoms with Crippen molar-refractivity contribution in [1.29, 1.82) is 0 Å². The highest BCUT2D eigenvalue weighted by Gasteiger charge is 2.33. The summed E-state index contributed by atoms with van der Waals surface area (Å²) in [5.41, 5.74) is 0.0313. The highest BCUT2D eigenvalue weighted by Crippen LogP contribution is 2.34. The molecule has 0 aliphatic rings. The van der Waals surface area contributed by atoms with Crippen molar-refractivity contribution >= 4 is 11.7 Å². The van der Waals surface area contributed by atoms with Crippen LogP contribution in [0.4, 0.5) is 23.7 Å². The number of carbonyl (C=O) groups is 1. The van der Waals surface area contributed by atoms with Crippen molar-refractivity contribution < 1.29 is 18.0 Å². The van der Waals surface area contributed by atoms with Gasteiger partial charge in [-0.25, -0.2) is 4.79 Å². The fraction of sp³-hybridized carbons (Fsp3) is 0.278. The van der Waals surface area contributed by atoms with Gasteiger partial charge in [0.05, 0.1) is 11.3 Å². The number of anilines is 1. The number of hydrogen-bond acceptors (Lipinski definition) is 1. The molecule has 2 rings (SSSR count). The number of rotatable bonds is 5. The highest BCUT2D eigenvalue weighted by atomic mass is 19.4. The molecule has 6 heteroatoms. The summed E-state index contributed by atoms with van der Waals surface area (Å²) in [4.78, 5) is 11.9. The first-order valence-corrected chi connectivity index (χ1v) is 7.64. The Morgan fingerprint density at radius 3 is 2.33 bits per heavy atom. The molecule has 0 aromatic heterocycles. The summed E-state index contributed by atoms with van der Waals surface area (Å²) in [5, 5.41) is 4.94. The first-order valence-electron chi connectivity index (χ1n) is 7.64. The Morgan fingerprint density at radius 2 is 1.67 bits per heavy atom. The van der Waals surface area contributed by atoms with Crippen molar-refractivity contribution in [3.8, 4) is 0 Å². The van der Waals surface area contributed by atoms with Crippen LogP contribution < -0.4 is 10.6 Å². The number of carbonyl (C=O) groups excluding carboxylic acids is 1. The van der Waals surface area contributed by atoms with Crippen LogP contribution in [0, 0.1) is 0 Å². The molecule has 0 aliphatic carbocycles. The SMILES string of the molecule is CC(CCc1ccccc1)NC(=O)Nc1ccccc1C(F)(F)F. The van der Waals surface area contributed by atoms with Crippen molar-refractivity contribution in [1.82, 2.24) is 5.32 Å². The summed E-state index contributed by atoms with van der Waals surface area (Å²) >= 11 is 0. The first kappa shape index (κ1) is 17.8. The smallest absolute Gasteiger partial charge is 0.335 e. The van der Waals surface area contributed by atoms with E-state index in [4.69, 9.17) is 0 Å². The Kier molecular flexibility index (Phi) is 5.84. The van der Waals surface area contributed by atoms with Gasteiger partial charge in [0.25, 0.3) is 0 Å². The minimum atomic E-state index is -4.51. The number of para-hydroxylation sites is 1. The summed E-state index contributed by atoms with van der Waals surface area (Å²) in [6.07, 6.45) is -3.04. The lowest BCUT2D eigenvalue weighted by Gasteiger charge is -2.17. The standard InChI is InChI=1S/C18H19F3N2O/c1-13(11-12-14-7-3-2-4-8-14)22-17(24)23-16-10-6-5-9-15(16)18(19,20)21/h2-10,13H,11-12H2,1H3,(H2,22,23,24). The Labute approximate surface area is 138 Å². The monoisotopic (exact) mass is 336 g/mol. The second kappa shape index (κ2) is 7.86. The quantitative estimate of drug-likeness (QED) is 0.805. The number of halogens is 3. The molecule has 2 aromatic rings. The fourth-order valence-electron chi connectivity index (χ4n) is 2.32. The van der Waals surface area contributed by atoms with Gasteiger partial charge in [0.2, 0.25) is 0 Å². The van der Waals surface area contributed by atoms with Gasteiger partial charge in [-0.1, -0.05) is 42.5 Å². The van der Waals surface area contributed by atoms with E-state index in [1.165, 1.54) is 18.2 Å². The molecular formula is C18H19F3N2O. The van der Waals surface area contributed by atoms with E-state index < -0.39 is 17.8 Å². The highest BCUT2D eigenvalue weighted by molar-refractivity contribution is 5.90. The molecule has 0 heterocycles. The number of hydrogen-bond donors (Lipinski definition) is 2. The normalized spacial score (nSPS) is 12.5. The lowest BCUT2D eigenvalue weighted by molar-refractivity contribution is -0.136. The van der Waals surface area contributed by atoms with Gasteiger partial charge in [0.1, 0.15) is 0 Å². The third-order valence-electron chi connectivity index (χ3n) is 3.57. The van der Waals surface area contributed by atoms with Gasteiger partial charge in [-0.15, -0.1) is 0 Å². The van der Waals surface area contributed by atoms with E-state index in [0.717, 1.165) is 18.1 Å². The van der Waals surface area contributed by atoms with Gasteiger partial charge in [-0.3, -0.25) is 0 Å². The minimum absolute atomic E-state index is 0.164. The molecule has 128 valence electrons. The van der Waals surface area contributed by atoms with E-state index in [0.29, 0.717) is 6.42 Å². The van der Waals surface area contributed by atoms with Gasteiger partial charge < -0.3 is 10.6 Å². The second-order valence-electron chi connectivity index (χ2n) is 5.57. The van der Waals surface area contributed by atoms with Crippen LogP contribution in [0.3, 0.4) is 0 Å². The molecule has 0 radical (unpaired) electrons. The van der Waals surface area contributed by atoms with Crippen molar-refractivity contribution in [2.45, 2.75) is 32.0 Å². The molecule has 1 unspecified atom stereocenters. The van der Waals surface area contributed by atoms with Gasteiger partial charge >= 0.3 is 12.2 Å². The van der Waals surface area contributed by atoms with Crippen molar-refractivity contribution in [3.63, 3.8) is 0 Å². The molecule has 24 heavy (non-hydrogen) atoms. The van der Waals surface area contributed by atoms with Crippen molar-refractivity contribution in [2.75, 3.05) is 5.32 Å². The Balaban J connectivity index is 1.89. The largest absolute Gasteiger partial charge is 0.418 e. The van der Waals surface area contributed by atoms with E-state index in [1.807, 2.05) is 37.3 Å². The van der Waals surface area contributed by atoms with Crippen LogP contribution in [0.2, 0.25) is 0 Å². The summed E-state index contributed by atoms with van der Waals surface area (Å²) in [5.74, 6) is 0. The van der Waals surface area contributed by atoms with Gasteiger partial charge in [-0.2, -0.15) is 13.2 Å². The molecule has 0 saturated heterocycles. The molecule has 0 spiro atoms. The van der Waals surface area contributed by atoms with Crippen molar-refractivity contribution in [2.24, 2.45) is 0 Å². The predicted octanol–water partition coefficient (Wildman–Crippen LogP) is 4.85. The number of alkyl halides is 3. The maximum absolute atomic E-state index is 12.9. The molecule has 2 amide bonds. The minimum Gasteiger partial charge on any atom is -0.335 e. The molecule has 0 aliphatic heterocycles. The van der Waals surface area contributed by atoms with E-state index in [1.54, 1.807) is 0 Å². The molecule has 0 fully saturated rings. The summed E-state index contributed by atoms with van der Waals surface area (Å²) in [6.45, 7) is 1.82. The zero-order valence-electron chi connectivity index (χ0n) is 13.2. The van der Waals surface area contributed by atoms with E-state index in [-0.39, 0.29) is 11.7 Å². The number of nitrogens with one attached hydrogen (secondary N) is 2. The van der Waals surface area contributed by atoms with Crippen LogP contribution >= 0.6 is 0 Å². The predicted molar refractivity (Wildman–Crippen MR) is 87.8 cm³/mol. The van der Waals surface area contributed by atoms with Crippen LogP contribution in [-0.2, 0) is 12.6 Å². The van der Waals surface area contributed by atoms with Crippen LogP contribution in [0.15, 0.2) is 54.6 Å². The Bertz CT molecular complexity index is 671. The average molecular weight is 336 g/mol. The van der Waals surface area contributed by atoms with Gasteiger partial charge in [0, 0.05) is 6.04 Å². The molecule has 2 aromatic carbocycles. The topological polar surface area (TPSA) is 41.1 Å². The first-order chi connectivity index (χ1) is 11.4. The molecule has 3 nitrogen and oxygen atoms in total. The molecule has 0 saturated carbocycles. The Morgan fingerprint density at radius 1 is 1.04 bits per heavy atom. The van der Waals surface area contributed by atoms with Crippen LogP contribution in [-0.4, -0.2) is 12.1 Å². The lowest BCUT2D eigenvalue weighted by Crippen LogP contribution is -2.36. The summed E-state index contributed by atoms with van der Waals surface area (Å²) in [7, 11) is 0. The van der Waals surface area contributed by atoms with Crippen LogP contribution in [0.1, 0.15) is 24.5 Å². The van der Waals surface area contributed by atoms with E-state index >= 15 is 0 Å². The number of urea groups is 1. The van der Waals surface area contributed by atoms with Crippen molar-refractivity contribution in [3.05, 3.63) is 65.7 Å². The van der Waals surface area contributed by atoms with Crippen LogP contribution in [0.25, 0.3) is 0 Å². The third kappa shape index (κ3) is 5.30.